The number of rotatable bonds is 6. The standard InChI is InChI=1S/C48H33N/c1-3-16-34(17-4-1)39-26-13-19-36-20-14-29-45(48(36)39)44-25-10-12-31-47(44)49(37-21-5-2-6-22-37)46-30-11-9-24-43(46)41-28-15-27-40-38-23-8-7-18-35(38)32-33-42(40)41/h1-33H. The van der Waals surface area contributed by atoms with E-state index in [1.807, 2.05) is 0 Å². The van der Waals surface area contributed by atoms with Gasteiger partial charge in [0.25, 0.3) is 0 Å². The number of hydrogen-bond acceptors (Lipinski definition) is 1. The molecule has 0 spiro atoms. The Morgan fingerprint density at radius 2 is 0.776 bits per heavy atom. The van der Waals surface area contributed by atoms with Crippen molar-refractivity contribution < 1.29 is 0 Å². The van der Waals surface area contributed by atoms with Crippen LogP contribution in [0.5, 0.6) is 0 Å². The van der Waals surface area contributed by atoms with E-state index in [-0.39, 0.29) is 0 Å². The highest BCUT2D eigenvalue weighted by molar-refractivity contribution is 6.14. The molecule has 9 aromatic carbocycles. The SMILES string of the molecule is c1ccc(-c2cccc3cccc(-c4ccccc4N(c4ccccc4)c4ccccc4-c4cccc5c4ccc4ccccc45)c23)cc1. The maximum atomic E-state index is 2.44. The van der Waals surface area contributed by atoms with Crippen LogP contribution in [0.3, 0.4) is 0 Å². The number of fused-ring (bicyclic) bond motifs is 4. The Bertz CT molecular complexity index is 2600. The Hall–Kier alpha value is -6.44. The largest absolute Gasteiger partial charge is 0.309 e. The van der Waals surface area contributed by atoms with Crippen molar-refractivity contribution in [2.24, 2.45) is 0 Å². The van der Waals surface area contributed by atoms with Crippen molar-refractivity contribution in [2.75, 3.05) is 4.90 Å². The molecule has 0 aromatic heterocycles. The van der Waals surface area contributed by atoms with Crippen molar-refractivity contribution in [2.45, 2.75) is 0 Å². The fourth-order valence-electron chi connectivity index (χ4n) is 7.48. The minimum atomic E-state index is 1.11. The molecule has 9 aromatic rings. The molecule has 0 saturated carbocycles. The summed E-state index contributed by atoms with van der Waals surface area (Å²) in [5.74, 6) is 0. The maximum Gasteiger partial charge on any atom is 0.0540 e. The minimum absolute atomic E-state index is 1.11. The summed E-state index contributed by atoms with van der Waals surface area (Å²) >= 11 is 0. The van der Waals surface area contributed by atoms with Crippen molar-refractivity contribution in [1.82, 2.24) is 0 Å². The molecule has 1 heteroatoms. The molecular formula is C48H33N. The van der Waals surface area contributed by atoms with E-state index in [9.17, 15) is 0 Å². The highest BCUT2D eigenvalue weighted by Gasteiger charge is 2.22. The molecule has 0 atom stereocenters. The van der Waals surface area contributed by atoms with Gasteiger partial charge in [-0.2, -0.15) is 0 Å². The van der Waals surface area contributed by atoms with Crippen molar-refractivity contribution in [1.29, 1.82) is 0 Å². The van der Waals surface area contributed by atoms with Crippen LogP contribution in [0.4, 0.5) is 17.1 Å². The fraction of sp³-hybridized carbons (Fsp3) is 0. The third-order valence-corrected chi connectivity index (χ3v) is 9.66. The number of anilines is 3. The fourth-order valence-corrected chi connectivity index (χ4v) is 7.48. The Morgan fingerprint density at radius 3 is 1.53 bits per heavy atom. The van der Waals surface area contributed by atoms with Crippen molar-refractivity contribution in [3.8, 4) is 33.4 Å². The number of hydrogen-bond donors (Lipinski definition) is 0. The van der Waals surface area contributed by atoms with E-state index in [1.165, 1.54) is 65.7 Å². The molecule has 0 aliphatic rings. The van der Waals surface area contributed by atoms with Gasteiger partial charge >= 0.3 is 0 Å². The molecule has 0 saturated heterocycles. The summed E-state index contributed by atoms with van der Waals surface area (Å²) in [6.07, 6.45) is 0. The quantitative estimate of drug-likeness (QED) is 0.167. The van der Waals surface area contributed by atoms with Gasteiger partial charge in [0.05, 0.1) is 11.4 Å². The van der Waals surface area contributed by atoms with E-state index in [4.69, 9.17) is 0 Å². The molecule has 49 heavy (non-hydrogen) atoms. The zero-order chi connectivity index (χ0) is 32.6. The lowest BCUT2D eigenvalue weighted by Crippen LogP contribution is -2.12. The predicted octanol–water partition coefficient (Wildman–Crippen LogP) is 13.6. The van der Waals surface area contributed by atoms with Gasteiger partial charge in [-0.3, -0.25) is 0 Å². The Labute approximate surface area is 287 Å². The van der Waals surface area contributed by atoms with Crippen LogP contribution in [0, 0.1) is 0 Å². The first-order chi connectivity index (χ1) is 24.3. The number of benzene rings is 9. The lowest BCUT2D eigenvalue weighted by molar-refractivity contribution is 1.29. The van der Waals surface area contributed by atoms with Crippen LogP contribution < -0.4 is 4.90 Å². The van der Waals surface area contributed by atoms with E-state index < -0.39 is 0 Å². The van der Waals surface area contributed by atoms with Crippen LogP contribution in [0.25, 0.3) is 65.7 Å². The van der Waals surface area contributed by atoms with E-state index >= 15 is 0 Å². The van der Waals surface area contributed by atoms with Crippen molar-refractivity contribution in [3.63, 3.8) is 0 Å². The molecule has 0 unspecified atom stereocenters. The van der Waals surface area contributed by atoms with Gasteiger partial charge in [0.1, 0.15) is 0 Å². The third kappa shape index (κ3) is 5.04. The van der Waals surface area contributed by atoms with Gasteiger partial charge in [0, 0.05) is 16.8 Å². The minimum Gasteiger partial charge on any atom is -0.309 e. The summed E-state index contributed by atoms with van der Waals surface area (Å²) in [6.45, 7) is 0. The Balaban J connectivity index is 1.31. The molecular weight excluding hydrogens is 591 g/mol. The first-order valence-electron chi connectivity index (χ1n) is 16.9. The van der Waals surface area contributed by atoms with Gasteiger partial charge in [-0.15, -0.1) is 0 Å². The predicted molar refractivity (Wildman–Crippen MR) is 210 cm³/mol. The van der Waals surface area contributed by atoms with Gasteiger partial charge in [-0.05, 0) is 78.8 Å². The summed E-state index contributed by atoms with van der Waals surface area (Å²) in [6, 6.07) is 72.4. The zero-order valence-electron chi connectivity index (χ0n) is 27.0. The van der Waals surface area contributed by atoms with Crippen LogP contribution in [0.2, 0.25) is 0 Å². The first kappa shape index (κ1) is 28.8. The van der Waals surface area contributed by atoms with Crippen molar-refractivity contribution in [3.05, 3.63) is 200 Å². The lowest BCUT2D eigenvalue weighted by atomic mass is 9.90. The average Bonchev–Trinajstić information content (AvgIpc) is 3.18. The van der Waals surface area contributed by atoms with Crippen molar-refractivity contribution >= 4 is 49.4 Å². The van der Waals surface area contributed by atoms with Crippen LogP contribution in [0.15, 0.2) is 200 Å². The topological polar surface area (TPSA) is 3.24 Å². The van der Waals surface area contributed by atoms with Gasteiger partial charge < -0.3 is 4.90 Å². The summed E-state index contributed by atoms with van der Waals surface area (Å²) in [5.41, 5.74) is 10.6. The van der Waals surface area contributed by atoms with Crippen LogP contribution in [-0.4, -0.2) is 0 Å². The smallest absolute Gasteiger partial charge is 0.0540 e. The van der Waals surface area contributed by atoms with E-state index in [1.54, 1.807) is 0 Å². The highest BCUT2D eigenvalue weighted by Crippen LogP contribution is 2.47. The molecule has 0 amide bonds. The maximum absolute atomic E-state index is 2.44. The molecule has 9 rings (SSSR count). The average molecular weight is 624 g/mol. The van der Waals surface area contributed by atoms with Gasteiger partial charge in [-0.1, -0.05) is 176 Å². The molecule has 0 bridgehead atoms. The van der Waals surface area contributed by atoms with Gasteiger partial charge in [0.15, 0.2) is 0 Å². The van der Waals surface area contributed by atoms with E-state index in [0.717, 1.165) is 17.1 Å². The summed E-state index contributed by atoms with van der Waals surface area (Å²) < 4.78 is 0. The lowest BCUT2D eigenvalue weighted by Gasteiger charge is -2.30. The normalized spacial score (nSPS) is 11.3. The second kappa shape index (κ2) is 12.3. The van der Waals surface area contributed by atoms with Crippen LogP contribution in [0.1, 0.15) is 0 Å². The molecule has 230 valence electrons. The summed E-state index contributed by atoms with van der Waals surface area (Å²) in [5, 5.41) is 7.52. The Morgan fingerprint density at radius 1 is 0.265 bits per heavy atom. The van der Waals surface area contributed by atoms with Crippen LogP contribution in [-0.2, 0) is 0 Å². The second-order valence-corrected chi connectivity index (χ2v) is 12.5. The van der Waals surface area contributed by atoms with E-state index in [2.05, 4.69) is 205 Å². The Kier molecular flexibility index (Phi) is 7.22. The molecule has 0 heterocycles. The van der Waals surface area contributed by atoms with Gasteiger partial charge in [-0.25, -0.2) is 0 Å². The second-order valence-electron chi connectivity index (χ2n) is 12.5. The summed E-state index contributed by atoms with van der Waals surface area (Å²) in [7, 11) is 0. The molecule has 0 N–H and O–H groups in total. The van der Waals surface area contributed by atoms with E-state index in [0.29, 0.717) is 0 Å². The monoisotopic (exact) mass is 623 g/mol. The molecule has 1 nitrogen and oxygen atoms in total. The molecule has 0 aliphatic heterocycles. The van der Waals surface area contributed by atoms with Crippen LogP contribution >= 0.6 is 0 Å². The third-order valence-electron chi connectivity index (χ3n) is 9.66. The van der Waals surface area contributed by atoms with Gasteiger partial charge in [0.2, 0.25) is 0 Å². The highest BCUT2D eigenvalue weighted by atomic mass is 15.1. The molecule has 0 fully saturated rings. The summed E-state index contributed by atoms with van der Waals surface area (Å²) in [4.78, 5) is 2.44. The molecule has 0 aliphatic carbocycles. The number of nitrogens with zero attached hydrogens (tertiary/aromatic N) is 1. The zero-order valence-corrected chi connectivity index (χ0v) is 27.0. The number of para-hydroxylation sites is 3. The molecule has 0 radical (unpaired) electrons. The first-order valence-corrected chi connectivity index (χ1v) is 16.9.